The normalized spacial score (nSPS) is 11.8. The smallest absolute Gasteiger partial charge is 0.167 e. The molecule has 5 heteroatoms. The summed E-state index contributed by atoms with van der Waals surface area (Å²) in [6, 6.07) is 54.4. The van der Waals surface area contributed by atoms with Crippen molar-refractivity contribution in [1.29, 1.82) is 0 Å². The highest BCUT2D eigenvalue weighted by atomic mass is 16.3. The maximum absolute atomic E-state index is 6.75. The van der Waals surface area contributed by atoms with Crippen LogP contribution in [-0.2, 0) is 0 Å². The molecule has 7 aromatic carbocycles. The molecule has 5 nitrogen and oxygen atoms in total. The molecule has 48 heavy (non-hydrogen) atoms. The van der Waals surface area contributed by atoms with Crippen LogP contribution in [0.15, 0.2) is 162 Å². The van der Waals surface area contributed by atoms with Gasteiger partial charge in [0.05, 0.1) is 27.7 Å². The van der Waals surface area contributed by atoms with Gasteiger partial charge < -0.3 is 8.98 Å². The molecule has 0 bridgehead atoms. The van der Waals surface area contributed by atoms with Crippen LogP contribution in [0.3, 0.4) is 0 Å². The predicted molar refractivity (Wildman–Crippen MR) is 195 cm³/mol. The zero-order valence-corrected chi connectivity index (χ0v) is 25.7. The summed E-state index contributed by atoms with van der Waals surface area (Å²) in [6.45, 7) is 0. The van der Waals surface area contributed by atoms with E-state index in [1.807, 2.05) is 72.8 Å². The van der Waals surface area contributed by atoms with Crippen LogP contribution in [0, 0.1) is 0 Å². The van der Waals surface area contributed by atoms with Crippen LogP contribution in [0.1, 0.15) is 0 Å². The number of hydrogen-bond acceptors (Lipinski definition) is 4. The molecule has 0 amide bonds. The molecule has 3 aromatic heterocycles. The fourth-order valence-electron chi connectivity index (χ4n) is 7.12. The molecular formula is C43H26N4O. The van der Waals surface area contributed by atoms with Gasteiger partial charge in [-0.25, -0.2) is 15.0 Å². The van der Waals surface area contributed by atoms with Crippen molar-refractivity contribution < 1.29 is 4.42 Å². The molecule has 0 aliphatic heterocycles. The summed E-state index contributed by atoms with van der Waals surface area (Å²) in [5.74, 6) is 1.80. The van der Waals surface area contributed by atoms with Crippen molar-refractivity contribution in [2.75, 3.05) is 0 Å². The van der Waals surface area contributed by atoms with Crippen LogP contribution in [0.2, 0.25) is 0 Å². The summed E-state index contributed by atoms with van der Waals surface area (Å²) >= 11 is 0. The molecule has 10 aromatic rings. The van der Waals surface area contributed by atoms with Gasteiger partial charge in [-0.3, -0.25) is 0 Å². The topological polar surface area (TPSA) is 56.7 Å². The zero-order valence-electron chi connectivity index (χ0n) is 25.7. The molecule has 0 fully saturated rings. The molecule has 224 valence electrons. The Balaban J connectivity index is 1.25. The zero-order chi connectivity index (χ0) is 31.6. The molecular weight excluding hydrogens is 589 g/mol. The third-order valence-corrected chi connectivity index (χ3v) is 9.24. The number of furan rings is 1. The summed E-state index contributed by atoms with van der Waals surface area (Å²) < 4.78 is 9.13. The van der Waals surface area contributed by atoms with Gasteiger partial charge in [0.1, 0.15) is 11.2 Å². The monoisotopic (exact) mass is 614 g/mol. The van der Waals surface area contributed by atoms with Crippen molar-refractivity contribution in [2.24, 2.45) is 0 Å². The van der Waals surface area contributed by atoms with Gasteiger partial charge >= 0.3 is 0 Å². The van der Waals surface area contributed by atoms with E-state index in [0.29, 0.717) is 17.5 Å². The van der Waals surface area contributed by atoms with Gasteiger partial charge in [-0.1, -0.05) is 127 Å². The second-order valence-electron chi connectivity index (χ2n) is 12.0. The molecule has 0 unspecified atom stereocenters. The Hall–Kier alpha value is -6.59. The molecule has 0 saturated heterocycles. The molecule has 0 aliphatic rings. The lowest BCUT2D eigenvalue weighted by Gasteiger charge is -2.10. The number of rotatable bonds is 4. The lowest BCUT2D eigenvalue weighted by atomic mass is 10.0. The van der Waals surface area contributed by atoms with E-state index >= 15 is 0 Å². The van der Waals surface area contributed by atoms with E-state index in [0.717, 1.165) is 55.3 Å². The van der Waals surface area contributed by atoms with E-state index in [1.165, 1.54) is 21.5 Å². The minimum absolute atomic E-state index is 0.567. The number of fused-ring (bicyclic) bond motifs is 8. The van der Waals surface area contributed by atoms with Crippen molar-refractivity contribution in [3.63, 3.8) is 0 Å². The van der Waals surface area contributed by atoms with Crippen molar-refractivity contribution in [1.82, 2.24) is 19.5 Å². The highest BCUT2D eigenvalue weighted by Crippen LogP contribution is 2.42. The molecule has 0 atom stereocenters. The lowest BCUT2D eigenvalue weighted by Crippen LogP contribution is -2.00. The van der Waals surface area contributed by atoms with Crippen LogP contribution < -0.4 is 0 Å². The Labute approximate surface area is 275 Å². The van der Waals surface area contributed by atoms with E-state index in [2.05, 4.69) is 89.5 Å². The maximum Gasteiger partial charge on any atom is 0.167 e. The second kappa shape index (κ2) is 10.5. The number of aromatic nitrogens is 4. The first-order valence-corrected chi connectivity index (χ1v) is 16.0. The molecule has 0 N–H and O–H groups in total. The van der Waals surface area contributed by atoms with E-state index in [4.69, 9.17) is 19.4 Å². The Morgan fingerprint density at radius 3 is 1.81 bits per heavy atom. The summed E-state index contributed by atoms with van der Waals surface area (Å²) in [7, 11) is 0. The molecule has 10 rings (SSSR count). The Morgan fingerprint density at radius 1 is 0.417 bits per heavy atom. The van der Waals surface area contributed by atoms with E-state index in [9.17, 15) is 0 Å². The second-order valence-corrected chi connectivity index (χ2v) is 12.0. The third kappa shape index (κ3) is 4.01. The Morgan fingerprint density at radius 2 is 1.04 bits per heavy atom. The highest BCUT2D eigenvalue weighted by molar-refractivity contribution is 6.22. The third-order valence-electron chi connectivity index (χ3n) is 9.24. The van der Waals surface area contributed by atoms with Crippen LogP contribution in [0.4, 0.5) is 0 Å². The van der Waals surface area contributed by atoms with E-state index in [1.54, 1.807) is 0 Å². The lowest BCUT2D eigenvalue weighted by molar-refractivity contribution is 0.669. The predicted octanol–water partition coefficient (Wildman–Crippen LogP) is 11.0. The number of hydrogen-bond donors (Lipinski definition) is 0. The largest absolute Gasteiger partial charge is 0.455 e. The average Bonchev–Trinajstić information content (AvgIpc) is 3.72. The number of benzene rings is 7. The van der Waals surface area contributed by atoms with Crippen LogP contribution in [0.5, 0.6) is 0 Å². The molecule has 0 spiro atoms. The first-order valence-electron chi connectivity index (χ1n) is 16.0. The first kappa shape index (κ1) is 26.6. The van der Waals surface area contributed by atoms with Gasteiger partial charge in [-0.2, -0.15) is 0 Å². The van der Waals surface area contributed by atoms with Gasteiger partial charge in [-0.15, -0.1) is 0 Å². The van der Waals surface area contributed by atoms with Crippen molar-refractivity contribution in [3.05, 3.63) is 158 Å². The fraction of sp³-hybridized carbons (Fsp3) is 0. The number of nitrogens with zero attached hydrogens (tertiary/aromatic N) is 4. The van der Waals surface area contributed by atoms with E-state index in [-0.39, 0.29) is 0 Å². The van der Waals surface area contributed by atoms with Gasteiger partial charge in [0.25, 0.3) is 0 Å². The quantitative estimate of drug-likeness (QED) is 0.198. The van der Waals surface area contributed by atoms with Crippen LogP contribution in [0.25, 0.3) is 94.4 Å². The average molecular weight is 615 g/mol. The molecule has 0 radical (unpaired) electrons. The highest BCUT2D eigenvalue weighted by Gasteiger charge is 2.22. The van der Waals surface area contributed by atoms with E-state index < -0.39 is 0 Å². The van der Waals surface area contributed by atoms with Crippen molar-refractivity contribution in [2.45, 2.75) is 0 Å². The standard InChI is InChI=1S/C43H26N4O/c1-3-14-28(15-4-1)41-44-42(29-16-5-2-6-17-29)46-43(45-41)33-21-11-20-32-39-35(23-12-24-37(39)48-40(32)33)47-34-22-10-9-19-31(34)38-30-18-8-7-13-27(30)25-26-36(38)47/h1-26H. The Bertz CT molecular complexity index is 2780. The minimum atomic E-state index is 0.567. The fourth-order valence-corrected chi connectivity index (χ4v) is 7.12. The van der Waals surface area contributed by atoms with Gasteiger partial charge in [0.2, 0.25) is 0 Å². The maximum atomic E-state index is 6.75. The molecule has 0 aliphatic carbocycles. The summed E-state index contributed by atoms with van der Waals surface area (Å²) in [4.78, 5) is 14.9. The van der Waals surface area contributed by atoms with Crippen LogP contribution in [-0.4, -0.2) is 19.5 Å². The summed E-state index contributed by atoms with van der Waals surface area (Å²) in [5.41, 5.74) is 7.60. The molecule has 0 saturated carbocycles. The summed E-state index contributed by atoms with van der Waals surface area (Å²) in [5, 5.41) is 7.00. The minimum Gasteiger partial charge on any atom is -0.455 e. The van der Waals surface area contributed by atoms with Crippen molar-refractivity contribution >= 4 is 54.5 Å². The SMILES string of the molecule is c1ccc(-c2nc(-c3ccccc3)nc(-c3cccc4c3oc3cccc(-n5c6ccccc6c6c7ccccc7ccc65)c34)n2)cc1. The molecule has 3 heterocycles. The number of para-hydroxylation sites is 2. The Kier molecular flexibility index (Phi) is 5.81. The summed E-state index contributed by atoms with van der Waals surface area (Å²) in [6.07, 6.45) is 0. The van der Waals surface area contributed by atoms with Gasteiger partial charge in [-0.05, 0) is 41.1 Å². The van der Waals surface area contributed by atoms with Gasteiger partial charge in [0, 0.05) is 27.3 Å². The van der Waals surface area contributed by atoms with Gasteiger partial charge in [0.15, 0.2) is 17.5 Å². The van der Waals surface area contributed by atoms with Crippen molar-refractivity contribution in [3.8, 4) is 39.9 Å². The first-order chi connectivity index (χ1) is 23.8. The van der Waals surface area contributed by atoms with Crippen LogP contribution >= 0.6 is 0 Å².